The zero-order valence-electron chi connectivity index (χ0n) is 15.5. The van der Waals surface area contributed by atoms with Crippen LogP contribution < -0.4 is 5.32 Å². The molecule has 0 aromatic heterocycles. The second kappa shape index (κ2) is 9.82. The number of carbonyl (C=O) groups excluding carboxylic acids is 2. The number of rotatable bonds is 6. The highest BCUT2D eigenvalue weighted by molar-refractivity contribution is 5.79. The quantitative estimate of drug-likeness (QED) is 0.755. The van der Waals surface area contributed by atoms with Crippen molar-refractivity contribution in [3.8, 4) is 0 Å². The van der Waals surface area contributed by atoms with Crippen molar-refractivity contribution >= 4 is 11.8 Å². The molecule has 2 aliphatic rings. The van der Waals surface area contributed by atoms with Crippen molar-refractivity contribution in [2.45, 2.75) is 43.9 Å². The fraction of sp³-hybridized carbons (Fsp3) is 0.600. The molecule has 1 aromatic rings. The number of ether oxygens (including phenoxy) is 2. The lowest BCUT2D eigenvalue weighted by Crippen LogP contribution is -2.52. The SMILES string of the molecule is O=C(Cc1ccccc1)N[C@H]1CC[C@H](CC(=O)N2CCOCC2)O[C@H]1CO. The van der Waals surface area contributed by atoms with E-state index < -0.39 is 6.10 Å². The molecule has 0 spiro atoms. The number of nitrogens with one attached hydrogen (secondary N) is 1. The van der Waals surface area contributed by atoms with Gasteiger partial charge >= 0.3 is 0 Å². The molecule has 2 aliphatic heterocycles. The van der Waals surface area contributed by atoms with Crippen LogP contribution in [0.4, 0.5) is 0 Å². The Hall–Kier alpha value is -1.96. The van der Waals surface area contributed by atoms with Gasteiger partial charge in [0, 0.05) is 13.1 Å². The molecule has 2 N–H and O–H groups in total. The van der Waals surface area contributed by atoms with Crippen LogP contribution in [-0.2, 0) is 25.5 Å². The van der Waals surface area contributed by atoms with E-state index in [-0.39, 0.29) is 30.6 Å². The van der Waals surface area contributed by atoms with Crippen molar-refractivity contribution < 1.29 is 24.2 Å². The third-order valence-corrected chi connectivity index (χ3v) is 5.12. The predicted octanol–water partition coefficient (Wildman–Crippen LogP) is 0.503. The van der Waals surface area contributed by atoms with Gasteiger partial charge in [-0.25, -0.2) is 0 Å². The summed E-state index contributed by atoms with van der Waals surface area (Å²) < 4.78 is 11.2. The second-order valence-electron chi connectivity index (χ2n) is 7.09. The maximum atomic E-state index is 12.4. The van der Waals surface area contributed by atoms with Gasteiger partial charge in [-0.05, 0) is 18.4 Å². The molecule has 27 heavy (non-hydrogen) atoms. The smallest absolute Gasteiger partial charge is 0.225 e. The van der Waals surface area contributed by atoms with Gasteiger partial charge in [0.1, 0.15) is 6.10 Å². The first-order valence-electron chi connectivity index (χ1n) is 9.61. The lowest BCUT2D eigenvalue weighted by atomic mass is 9.96. The van der Waals surface area contributed by atoms with Gasteiger partial charge in [0.15, 0.2) is 0 Å². The molecule has 0 radical (unpaired) electrons. The summed E-state index contributed by atoms with van der Waals surface area (Å²) in [5.41, 5.74) is 0.946. The molecule has 2 amide bonds. The molecule has 148 valence electrons. The topological polar surface area (TPSA) is 88.1 Å². The molecule has 0 bridgehead atoms. The van der Waals surface area contributed by atoms with Gasteiger partial charge in [0.25, 0.3) is 0 Å². The summed E-state index contributed by atoms with van der Waals surface area (Å²) in [6.07, 6.45) is 1.27. The molecule has 3 atom stereocenters. The number of nitrogens with zero attached hydrogens (tertiary/aromatic N) is 1. The van der Waals surface area contributed by atoms with Crippen LogP contribution in [0.2, 0.25) is 0 Å². The number of hydrogen-bond donors (Lipinski definition) is 2. The highest BCUT2D eigenvalue weighted by Crippen LogP contribution is 2.23. The van der Waals surface area contributed by atoms with Crippen LogP contribution in [0.3, 0.4) is 0 Å². The van der Waals surface area contributed by atoms with Crippen molar-refractivity contribution in [1.29, 1.82) is 0 Å². The minimum atomic E-state index is -0.485. The van der Waals surface area contributed by atoms with Gasteiger partial charge in [-0.15, -0.1) is 0 Å². The van der Waals surface area contributed by atoms with Crippen LogP contribution in [0, 0.1) is 0 Å². The normalized spacial score (nSPS) is 25.8. The number of aliphatic hydroxyl groups excluding tert-OH is 1. The van der Waals surface area contributed by atoms with Crippen molar-refractivity contribution in [3.05, 3.63) is 35.9 Å². The van der Waals surface area contributed by atoms with Gasteiger partial charge < -0.3 is 24.8 Å². The van der Waals surface area contributed by atoms with Crippen molar-refractivity contribution in [3.63, 3.8) is 0 Å². The van der Waals surface area contributed by atoms with Crippen LogP contribution in [0.5, 0.6) is 0 Å². The van der Waals surface area contributed by atoms with E-state index in [0.29, 0.717) is 52.0 Å². The summed E-state index contributed by atoms with van der Waals surface area (Å²) >= 11 is 0. The van der Waals surface area contributed by atoms with Crippen LogP contribution in [0.25, 0.3) is 0 Å². The maximum absolute atomic E-state index is 12.4. The van der Waals surface area contributed by atoms with E-state index in [0.717, 1.165) is 5.56 Å². The van der Waals surface area contributed by atoms with E-state index in [1.807, 2.05) is 30.3 Å². The van der Waals surface area contributed by atoms with Gasteiger partial charge in [-0.2, -0.15) is 0 Å². The van der Waals surface area contributed by atoms with E-state index in [1.165, 1.54) is 0 Å². The second-order valence-corrected chi connectivity index (χ2v) is 7.09. The summed E-state index contributed by atoms with van der Waals surface area (Å²) in [5, 5.41) is 12.6. The molecule has 0 aliphatic carbocycles. The van der Waals surface area contributed by atoms with Gasteiger partial charge in [-0.3, -0.25) is 9.59 Å². The largest absolute Gasteiger partial charge is 0.394 e. The lowest BCUT2D eigenvalue weighted by molar-refractivity contribution is -0.145. The lowest BCUT2D eigenvalue weighted by Gasteiger charge is -2.37. The maximum Gasteiger partial charge on any atom is 0.225 e. The molecule has 7 heteroatoms. The molecule has 2 saturated heterocycles. The van der Waals surface area contributed by atoms with E-state index >= 15 is 0 Å². The molecule has 2 heterocycles. The number of carbonyl (C=O) groups is 2. The first-order valence-corrected chi connectivity index (χ1v) is 9.61. The Bertz CT molecular complexity index is 618. The third kappa shape index (κ3) is 5.76. The fourth-order valence-corrected chi connectivity index (χ4v) is 3.62. The van der Waals surface area contributed by atoms with E-state index in [1.54, 1.807) is 4.90 Å². The molecular weight excluding hydrogens is 348 g/mol. The minimum absolute atomic E-state index is 0.0616. The molecule has 2 fully saturated rings. The Labute approximate surface area is 159 Å². The number of benzene rings is 1. The Balaban J connectivity index is 1.47. The highest BCUT2D eigenvalue weighted by Gasteiger charge is 2.33. The van der Waals surface area contributed by atoms with Gasteiger partial charge in [0.05, 0.1) is 44.8 Å². The van der Waals surface area contributed by atoms with Crippen LogP contribution in [0.15, 0.2) is 30.3 Å². The van der Waals surface area contributed by atoms with Gasteiger partial charge in [0.2, 0.25) is 11.8 Å². The molecular formula is C20H28N2O5. The molecule has 3 rings (SSSR count). The Kier molecular flexibility index (Phi) is 7.20. The monoisotopic (exact) mass is 376 g/mol. The molecule has 0 saturated carbocycles. The standard InChI is InChI=1S/C20H28N2O5/c23-14-18-17(21-19(24)12-15-4-2-1-3-5-15)7-6-16(27-18)13-20(25)22-8-10-26-11-9-22/h1-5,16-18,23H,6-14H2,(H,21,24)/t16-,17+,18+/m1/s1. The summed E-state index contributed by atoms with van der Waals surface area (Å²) in [5.74, 6) is -0.0253. The fourth-order valence-electron chi connectivity index (χ4n) is 3.62. The van der Waals surface area contributed by atoms with E-state index in [2.05, 4.69) is 5.32 Å². The Morgan fingerprint density at radius 3 is 2.59 bits per heavy atom. The van der Waals surface area contributed by atoms with Crippen molar-refractivity contribution in [2.75, 3.05) is 32.9 Å². The van der Waals surface area contributed by atoms with E-state index in [9.17, 15) is 14.7 Å². The van der Waals surface area contributed by atoms with Crippen LogP contribution >= 0.6 is 0 Å². The summed E-state index contributed by atoms with van der Waals surface area (Å²) in [6, 6.07) is 9.30. The number of aliphatic hydroxyl groups is 1. The summed E-state index contributed by atoms with van der Waals surface area (Å²) in [4.78, 5) is 26.5. The average Bonchev–Trinajstić information content (AvgIpc) is 2.70. The molecule has 7 nitrogen and oxygen atoms in total. The van der Waals surface area contributed by atoms with Crippen LogP contribution in [-0.4, -0.2) is 73.0 Å². The number of morpholine rings is 1. The van der Waals surface area contributed by atoms with Crippen molar-refractivity contribution in [1.82, 2.24) is 10.2 Å². The minimum Gasteiger partial charge on any atom is -0.394 e. The zero-order chi connectivity index (χ0) is 19.1. The van der Waals surface area contributed by atoms with Crippen LogP contribution in [0.1, 0.15) is 24.8 Å². The van der Waals surface area contributed by atoms with Gasteiger partial charge in [-0.1, -0.05) is 30.3 Å². The number of amides is 2. The third-order valence-electron chi connectivity index (χ3n) is 5.12. The van der Waals surface area contributed by atoms with Crippen molar-refractivity contribution in [2.24, 2.45) is 0 Å². The molecule has 1 aromatic carbocycles. The summed E-state index contributed by atoms with van der Waals surface area (Å²) in [6.45, 7) is 2.21. The number of hydrogen-bond acceptors (Lipinski definition) is 5. The summed E-state index contributed by atoms with van der Waals surface area (Å²) in [7, 11) is 0. The Morgan fingerprint density at radius 2 is 1.89 bits per heavy atom. The average molecular weight is 376 g/mol. The zero-order valence-corrected chi connectivity index (χ0v) is 15.5. The highest BCUT2D eigenvalue weighted by atomic mass is 16.5. The van der Waals surface area contributed by atoms with E-state index in [4.69, 9.17) is 9.47 Å². The first-order chi connectivity index (χ1) is 13.2. The Morgan fingerprint density at radius 1 is 1.15 bits per heavy atom. The predicted molar refractivity (Wildman–Crippen MR) is 99.1 cm³/mol. The first kappa shape index (κ1) is 19.8. The molecule has 0 unspecified atom stereocenters.